The van der Waals surface area contributed by atoms with Gasteiger partial charge in [0.25, 0.3) is 0 Å². The van der Waals surface area contributed by atoms with Crippen molar-refractivity contribution in [3.05, 3.63) is 60.6 Å². The molecule has 1 rings (SSSR count). The Morgan fingerprint density at radius 3 is 2.93 bits per heavy atom. The van der Waals surface area contributed by atoms with Crippen LogP contribution in [0.4, 0.5) is 0 Å². The summed E-state index contributed by atoms with van der Waals surface area (Å²) in [6, 6.07) is 0. The third-order valence-electron chi connectivity index (χ3n) is 1.94. The summed E-state index contributed by atoms with van der Waals surface area (Å²) < 4.78 is 5.63. The van der Waals surface area contributed by atoms with Crippen LogP contribution in [0.25, 0.3) is 0 Å². The second kappa shape index (κ2) is 4.69. The Hall–Kier alpha value is -1.70. The number of aliphatic hydroxyl groups is 1. The van der Waals surface area contributed by atoms with Crippen LogP contribution in [0.3, 0.4) is 0 Å². The Balaban J connectivity index is 2.83. The predicted octanol–water partition coefficient (Wildman–Crippen LogP) is 3.42. The van der Waals surface area contributed by atoms with Crippen molar-refractivity contribution in [2.75, 3.05) is 0 Å². The normalized spacial score (nSPS) is 25.1. The third kappa shape index (κ3) is 3.50. The molecule has 1 unspecified atom stereocenters. The van der Waals surface area contributed by atoms with Crippen molar-refractivity contribution in [2.24, 2.45) is 0 Å². The van der Waals surface area contributed by atoms with Gasteiger partial charge >= 0.3 is 0 Å². The number of ether oxygens (including phenoxy) is 1. The molecular formula is C13H16O2. The van der Waals surface area contributed by atoms with Crippen LogP contribution in [-0.2, 0) is 4.74 Å². The molecule has 1 aliphatic rings. The first-order valence-corrected chi connectivity index (χ1v) is 4.84. The smallest absolute Gasteiger partial charge is 0.147 e. The van der Waals surface area contributed by atoms with Crippen LogP contribution in [0.5, 0.6) is 0 Å². The van der Waals surface area contributed by atoms with E-state index in [0.29, 0.717) is 5.76 Å². The molecule has 1 N–H and O–H groups in total. The molecule has 1 aliphatic carbocycles. The van der Waals surface area contributed by atoms with Gasteiger partial charge < -0.3 is 9.84 Å². The van der Waals surface area contributed by atoms with Crippen molar-refractivity contribution in [2.45, 2.75) is 19.4 Å². The van der Waals surface area contributed by atoms with Crippen molar-refractivity contribution in [1.29, 1.82) is 0 Å². The van der Waals surface area contributed by atoms with Crippen LogP contribution in [0, 0.1) is 0 Å². The van der Waals surface area contributed by atoms with Crippen LogP contribution < -0.4 is 0 Å². The summed E-state index contributed by atoms with van der Waals surface area (Å²) in [5, 5.41) is 9.47. The molecule has 1 atom stereocenters. The van der Waals surface area contributed by atoms with Gasteiger partial charge in [-0.05, 0) is 32.1 Å². The third-order valence-corrected chi connectivity index (χ3v) is 1.94. The molecule has 0 amide bonds. The van der Waals surface area contributed by atoms with Gasteiger partial charge in [0.05, 0.1) is 0 Å². The van der Waals surface area contributed by atoms with E-state index in [4.69, 9.17) is 4.74 Å². The minimum absolute atomic E-state index is 0.191. The van der Waals surface area contributed by atoms with Crippen molar-refractivity contribution < 1.29 is 9.84 Å². The van der Waals surface area contributed by atoms with Gasteiger partial charge in [-0.2, -0.15) is 0 Å². The summed E-state index contributed by atoms with van der Waals surface area (Å²) >= 11 is 0. The lowest BCUT2D eigenvalue weighted by Gasteiger charge is -2.23. The van der Waals surface area contributed by atoms with E-state index in [1.165, 1.54) is 0 Å². The van der Waals surface area contributed by atoms with E-state index in [-0.39, 0.29) is 5.76 Å². The van der Waals surface area contributed by atoms with E-state index < -0.39 is 5.60 Å². The van der Waals surface area contributed by atoms with Crippen LogP contribution in [-0.4, -0.2) is 10.7 Å². The van der Waals surface area contributed by atoms with Crippen LogP contribution in [0.2, 0.25) is 0 Å². The van der Waals surface area contributed by atoms with Gasteiger partial charge in [-0.1, -0.05) is 24.8 Å². The van der Waals surface area contributed by atoms with E-state index in [0.717, 1.165) is 0 Å². The number of rotatable bonds is 3. The summed E-state index contributed by atoms with van der Waals surface area (Å²) in [6.07, 6.45) is 12.4. The summed E-state index contributed by atoms with van der Waals surface area (Å²) in [7, 11) is 0. The second-order valence-corrected chi connectivity index (χ2v) is 3.54. The topological polar surface area (TPSA) is 29.5 Å². The van der Waals surface area contributed by atoms with E-state index in [1.807, 2.05) is 32.1 Å². The summed E-state index contributed by atoms with van der Waals surface area (Å²) in [5.41, 5.74) is -0.649. The first kappa shape index (κ1) is 11.4. The Labute approximate surface area is 90.6 Å². The average Bonchev–Trinajstić information content (AvgIpc) is 2.27. The Morgan fingerprint density at radius 1 is 1.53 bits per heavy atom. The second-order valence-electron chi connectivity index (χ2n) is 3.54. The van der Waals surface area contributed by atoms with Crippen molar-refractivity contribution in [3.63, 3.8) is 0 Å². The van der Waals surface area contributed by atoms with E-state index in [9.17, 15) is 5.11 Å². The quantitative estimate of drug-likeness (QED) is 0.563. The van der Waals surface area contributed by atoms with Crippen LogP contribution in [0.1, 0.15) is 13.8 Å². The summed E-state index contributed by atoms with van der Waals surface area (Å²) in [5.74, 6) is 0.756. The first-order chi connectivity index (χ1) is 7.06. The number of aliphatic hydroxyl groups excluding tert-OH is 1. The van der Waals surface area contributed by atoms with Gasteiger partial charge in [0.2, 0.25) is 0 Å². The van der Waals surface area contributed by atoms with E-state index in [1.54, 1.807) is 24.3 Å². The maximum absolute atomic E-state index is 9.47. The molecular weight excluding hydrogens is 188 g/mol. The Bertz CT molecular complexity index is 359. The number of hydrogen-bond acceptors (Lipinski definition) is 2. The molecule has 2 nitrogen and oxygen atoms in total. The molecule has 0 saturated heterocycles. The lowest BCUT2D eigenvalue weighted by atomic mass is 10.1. The molecule has 0 aromatic heterocycles. The van der Waals surface area contributed by atoms with E-state index in [2.05, 4.69) is 6.58 Å². The maximum atomic E-state index is 9.47. The molecule has 0 aliphatic heterocycles. The largest absolute Gasteiger partial charge is 0.508 e. The number of allylic oxidation sites excluding steroid dienone is 5. The molecule has 2 heteroatoms. The minimum atomic E-state index is -0.649. The van der Waals surface area contributed by atoms with Crippen molar-refractivity contribution >= 4 is 0 Å². The highest BCUT2D eigenvalue weighted by Crippen LogP contribution is 2.22. The van der Waals surface area contributed by atoms with Gasteiger partial charge in [0, 0.05) is 6.08 Å². The van der Waals surface area contributed by atoms with Gasteiger partial charge in [-0.3, -0.25) is 0 Å². The van der Waals surface area contributed by atoms with Gasteiger partial charge in [0.1, 0.15) is 17.1 Å². The number of hydrogen-bond donors (Lipinski definition) is 1. The minimum Gasteiger partial charge on any atom is -0.508 e. The SMILES string of the molecule is C=C(/C=C\C)OC1(C)C=CC=CC(O)=C1. The van der Waals surface area contributed by atoms with Crippen molar-refractivity contribution in [3.8, 4) is 0 Å². The first-order valence-electron chi connectivity index (χ1n) is 4.84. The molecule has 0 saturated carbocycles. The van der Waals surface area contributed by atoms with Crippen LogP contribution >= 0.6 is 0 Å². The molecule has 0 heterocycles. The fourth-order valence-corrected chi connectivity index (χ4v) is 1.36. The highest BCUT2D eigenvalue weighted by atomic mass is 16.5. The van der Waals surface area contributed by atoms with Crippen LogP contribution in [0.15, 0.2) is 60.6 Å². The fraction of sp³-hybridized carbons (Fsp3) is 0.231. The Morgan fingerprint density at radius 2 is 2.27 bits per heavy atom. The molecule has 0 aromatic rings. The molecule has 0 fully saturated rings. The predicted molar refractivity (Wildman–Crippen MR) is 62.4 cm³/mol. The zero-order valence-electron chi connectivity index (χ0n) is 9.10. The molecule has 0 bridgehead atoms. The molecule has 0 aromatic carbocycles. The zero-order valence-corrected chi connectivity index (χ0v) is 9.10. The monoisotopic (exact) mass is 204 g/mol. The van der Waals surface area contributed by atoms with Crippen molar-refractivity contribution in [1.82, 2.24) is 0 Å². The maximum Gasteiger partial charge on any atom is 0.147 e. The zero-order chi connectivity index (χ0) is 11.3. The molecule has 0 radical (unpaired) electrons. The highest BCUT2D eigenvalue weighted by Gasteiger charge is 2.21. The highest BCUT2D eigenvalue weighted by molar-refractivity contribution is 5.30. The van der Waals surface area contributed by atoms with Gasteiger partial charge in [0.15, 0.2) is 0 Å². The molecule has 80 valence electrons. The van der Waals surface area contributed by atoms with Gasteiger partial charge in [-0.15, -0.1) is 0 Å². The standard InChI is InChI=1S/C13H16O2/c1-4-7-11(2)15-13(3)9-6-5-8-12(14)10-13/h4-10,14H,2H2,1,3H3/b7-4-. The summed E-state index contributed by atoms with van der Waals surface area (Å²) in [6.45, 7) is 7.53. The Kier molecular flexibility index (Phi) is 3.56. The average molecular weight is 204 g/mol. The summed E-state index contributed by atoms with van der Waals surface area (Å²) in [4.78, 5) is 0. The van der Waals surface area contributed by atoms with Gasteiger partial charge in [-0.25, -0.2) is 0 Å². The lowest BCUT2D eigenvalue weighted by molar-refractivity contribution is 0.111. The lowest BCUT2D eigenvalue weighted by Crippen LogP contribution is -2.22. The molecule has 15 heavy (non-hydrogen) atoms. The fourth-order valence-electron chi connectivity index (χ4n) is 1.36. The molecule has 0 spiro atoms. The van der Waals surface area contributed by atoms with E-state index >= 15 is 0 Å².